The maximum Gasteiger partial charge on any atom is 0.411 e. The fourth-order valence-electron chi connectivity index (χ4n) is 4.19. The van der Waals surface area contributed by atoms with Crippen LogP contribution in [0.25, 0.3) is 0 Å². The first-order valence-corrected chi connectivity index (χ1v) is 8.99. The summed E-state index contributed by atoms with van der Waals surface area (Å²) >= 11 is 0. The van der Waals surface area contributed by atoms with E-state index in [9.17, 15) is 15.2 Å². The molecule has 2 bridgehead atoms. The Bertz CT molecular complexity index is 720. The van der Waals surface area contributed by atoms with Gasteiger partial charge in [-0.3, -0.25) is 9.80 Å². The smallest absolute Gasteiger partial charge is 0.411 e. The molecule has 2 fully saturated rings. The normalized spacial score (nSPS) is 28.9. The molecule has 6 nitrogen and oxygen atoms in total. The van der Waals surface area contributed by atoms with Crippen molar-refractivity contribution >= 4 is 6.09 Å². The summed E-state index contributed by atoms with van der Waals surface area (Å²) in [5.74, 6) is -0.663. The van der Waals surface area contributed by atoms with Crippen molar-refractivity contribution in [2.24, 2.45) is 5.92 Å². The van der Waals surface area contributed by atoms with Crippen LogP contribution in [0.2, 0.25) is 0 Å². The summed E-state index contributed by atoms with van der Waals surface area (Å²) in [6.45, 7) is 9.95. The van der Waals surface area contributed by atoms with Gasteiger partial charge in [0.2, 0.25) is 0 Å². The number of amides is 1. The summed E-state index contributed by atoms with van der Waals surface area (Å²) in [6.07, 6.45) is -1.73. The van der Waals surface area contributed by atoms with Crippen LogP contribution in [-0.4, -0.2) is 51.5 Å². The number of carbonyl (C=O) groups excluding carboxylic acids is 1. The van der Waals surface area contributed by atoms with Crippen LogP contribution < -0.4 is 0 Å². The van der Waals surface area contributed by atoms with Crippen LogP contribution in [0.3, 0.4) is 0 Å². The number of nitriles is 1. The quantitative estimate of drug-likeness (QED) is 0.881. The van der Waals surface area contributed by atoms with Crippen LogP contribution in [0.4, 0.5) is 4.79 Å². The summed E-state index contributed by atoms with van der Waals surface area (Å²) in [6, 6.07) is 11.9. The summed E-state index contributed by atoms with van der Waals surface area (Å²) in [5, 5.41) is 20.3. The molecule has 26 heavy (non-hydrogen) atoms. The Labute approximate surface area is 155 Å². The maximum atomic E-state index is 12.7. The number of fused-ring (bicyclic) bond motifs is 2. The van der Waals surface area contributed by atoms with E-state index in [1.54, 1.807) is 4.90 Å². The number of hydrogen-bond donors (Lipinski definition) is 1. The van der Waals surface area contributed by atoms with Crippen LogP contribution in [0.1, 0.15) is 40.2 Å². The molecule has 2 saturated heterocycles. The molecular weight excluding hydrogens is 330 g/mol. The molecule has 4 unspecified atom stereocenters. The Hall–Kier alpha value is -2.10. The van der Waals surface area contributed by atoms with Crippen molar-refractivity contribution in [3.8, 4) is 6.07 Å². The van der Waals surface area contributed by atoms with E-state index in [1.165, 1.54) is 0 Å². The third kappa shape index (κ3) is 2.95. The van der Waals surface area contributed by atoms with Crippen LogP contribution in [-0.2, 0) is 10.3 Å². The molecule has 2 aliphatic heterocycles. The zero-order valence-electron chi connectivity index (χ0n) is 16.0. The topological polar surface area (TPSA) is 76.8 Å². The van der Waals surface area contributed by atoms with Crippen molar-refractivity contribution in [3.63, 3.8) is 0 Å². The Morgan fingerprint density at radius 2 is 1.85 bits per heavy atom. The van der Waals surface area contributed by atoms with Crippen molar-refractivity contribution in [1.82, 2.24) is 9.80 Å². The minimum Gasteiger partial charge on any atom is -0.444 e. The van der Waals surface area contributed by atoms with E-state index >= 15 is 0 Å². The monoisotopic (exact) mass is 357 g/mol. The lowest BCUT2D eigenvalue weighted by Gasteiger charge is -2.40. The highest BCUT2D eigenvalue weighted by atomic mass is 16.6. The molecule has 0 aromatic heterocycles. The lowest BCUT2D eigenvalue weighted by Crippen LogP contribution is -2.51. The first kappa shape index (κ1) is 18.7. The largest absolute Gasteiger partial charge is 0.444 e. The lowest BCUT2D eigenvalue weighted by atomic mass is 9.91. The molecule has 0 spiro atoms. The number of benzene rings is 1. The number of rotatable bonds is 2. The van der Waals surface area contributed by atoms with Crippen molar-refractivity contribution < 1.29 is 14.6 Å². The van der Waals surface area contributed by atoms with E-state index in [2.05, 4.69) is 24.8 Å². The van der Waals surface area contributed by atoms with Gasteiger partial charge in [0.15, 0.2) is 0 Å². The average Bonchev–Trinajstić information content (AvgIpc) is 3.07. The minimum atomic E-state index is -0.785. The molecule has 1 amide bonds. The second kappa shape index (κ2) is 6.26. The molecule has 6 heteroatoms. The van der Waals surface area contributed by atoms with E-state index in [-0.39, 0.29) is 6.04 Å². The Morgan fingerprint density at radius 3 is 2.38 bits per heavy atom. The van der Waals surface area contributed by atoms with E-state index in [0.29, 0.717) is 6.54 Å². The molecular formula is C20H27N3O3. The molecule has 0 aliphatic carbocycles. The molecule has 2 aliphatic rings. The number of aliphatic hydroxyl groups excluding tert-OH is 1. The number of ether oxygens (including phenoxy) is 1. The lowest BCUT2D eigenvalue weighted by molar-refractivity contribution is -0.00541. The van der Waals surface area contributed by atoms with Gasteiger partial charge in [-0.25, -0.2) is 4.79 Å². The van der Waals surface area contributed by atoms with Gasteiger partial charge >= 0.3 is 6.09 Å². The van der Waals surface area contributed by atoms with E-state index in [4.69, 9.17) is 4.74 Å². The zero-order chi connectivity index (χ0) is 19.3. The standard InChI is InChI=1S/C20H27N3O3/c1-19(2,3)26-18(25)22-12-15-16(24)14(11-21)17(22)23(15)20(4,5)13-9-7-6-8-10-13/h6-10,14-17,24H,12H2,1-5H3. The minimum absolute atomic E-state index is 0.299. The van der Waals surface area contributed by atoms with Gasteiger partial charge in [0, 0.05) is 12.1 Å². The Morgan fingerprint density at radius 1 is 1.23 bits per heavy atom. The fraction of sp³-hybridized carbons (Fsp3) is 0.600. The highest BCUT2D eigenvalue weighted by Crippen LogP contribution is 2.47. The van der Waals surface area contributed by atoms with E-state index in [0.717, 1.165) is 5.56 Å². The number of likely N-dealkylation sites (tertiary alicyclic amines) is 1. The average molecular weight is 357 g/mol. The molecule has 1 aromatic carbocycles. The number of piperidine rings is 1. The van der Waals surface area contributed by atoms with Crippen LogP contribution in [0.5, 0.6) is 0 Å². The summed E-state index contributed by atoms with van der Waals surface area (Å²) in [5.41, 5.74) is 0.0196. The van der Waals surface area contributed by atoms with Crippen molar-refractivity contribution in [1.29, 1.82) is 5.26 Å². The molecule has 0 saturated carbocycles. The van der Waals surface area contributed by atoms with Gasteiger partial charge in [0.05, 0.1) is 18.2 Å². The number of hydrogen-bond acceptors (Lipinski definition) is 5. The second-order valence-electron chi connectivity index (χ2n) is 8.59. The molecule has 4 atom stereocenters. The van der Waals surface area contributed by atoms with Crippen LogP contribution in [0, 0.1) is 17.2 Å². The number of nitrogens with zero attached hydrogens (tertiary/aromatic N) is 3. The zero-order valence-corrected chi connectivity index (χ0v) is 16.0. The third-order valence-corrected chi connectivity index (χ3v) is 5.33. The summed E-state index contributed by atoms with van der Waals surface area (Å²) in [7, 11) is 0. The van der Waals surface area contributed by atoms with Crippen molar-refractivity contribution in [3.05, 3.63) is 35.9 Å². The molecule has 1 aromatic rings. The first-order valence-electron chi connectivity index (χ1n) is 8.99. The van der Waals surface area contributed by atoms with Gasteiger partial charge in [-0.2, -0.15) is 5.26 Å². The SMILES string of the molecule is CC(C)(C)OC(=O)N1CC2C(O)C(C#N)C1N2C(C)(C)c1ccccc1. The van der Waals surface area contributed by atoms with Gasteiger partial charge in [-0.05, 0) is 40.2 Å². The maximum absolute atomic E-state index is 12.7. The van der Waals surface area contributed by atoms with Gasteiger partial charge < -0.3 is 9.84 Å². The highest BCUT2D eigenvalue weighted by molar-refractivity contribution is 5.69. The van der Waals surface area contributed by atoms with Crippen LogP contribution >= 0.6 is 0 Å². The number of carbonyl (C=O) groups is 1. The first-order chi connectivity index (χ1) is 12.1. The van der Waals surface area contributed by atoms with Crippen LogP contribution in [0.15, 0.2) is 30.3 Å². The predicted octanol–water partition coefficient (Wildman–Crippen LogP) is 2.68. The van der Waals surface area contributed by atoms with Crippen molar-refractivity contribution in [2.75, 3.05) is 6.54 Å². The summed E-state index contributed by atoms with van der Waals surface area (Å²) in [4.78, 5) is 16.4. The molecule has 1 N–H and O–H groups in total. The van der Waals surface area contributed by atoms with Gasteiger partial charge in [0.1, 0.15) is 17.7 Å². The van der Waals surface area contributed by atoms with E-state index in [1.807, 2.05) is 51.1 Å². The van der Waals surface area contributed by atoms with Gasteiger partial charge in [-0.1, -0.05) is 30.3 Å². The van der Waals surface area contributed by atoms with Gasteiger partial charge in [0.25, 0.3) is 0 Å². The fourth-order valence-corrected chi connectivity index (χ4v) is 4.19. The highest BCUT2D eigenvalue weighted by Gasteiger charge is 2.62. The Kier molecular flexibility index (Phi) is 4.50. The van der Waals surface area contributed by atoms with Crippen molar-refractivity contribution in [2.45, 2.75) is 64.1 Å². The Balaban J connectivity index is 1.97. The predicted molar refractivity (Wildman–Crippen MR) is 96.9 cm³/mol. The number of aliphatic hydroxyl groups is 1. The van der Waals surface area contributed by atoms with E-state index < -0.39 is 35.4 Å². The summed E-state index contributed by atoms with van der Waals surface area (Å²) < 4.78 is 5.54. The second-order valence-corrected chi connectivity index (χ2v) is 8.59. The molecule has 3 rings (SSSR count). The molecule has 0 radical (unpaired) electrons. The third-order valence-electron chi connectivity index (χ3n) is 5.33. The molecule has 2 heterocycles. The van der Waals surface area contributed by atoms with Gasteiger partial charge in [-0.15, -0.1) is 0 Å². The molecule has 140 valence electrons.